The summed E-state index contributed by atoms with van der Waals surface area (Å²) in [6.45, 7) is 3.88. The molecule has 0 aliphatic rings. The molecule has 7 heteroatoms. The van der Waals surface area contributed by atoms with E-state index >= 15 is 0 Å². The Bertz CT molecular complexity index is 827. The summed E-state index contributed by atoms with van der Waals surface area (Å²) in [6, 6.07) is 6.94. The Morgan fingerprint density at radius 1 is 1.22 bits per heavy atom. The number of primary amides is 1. The van der Waals surface area contributed by atoms with Crippen molar-refractivity contribution < 1.29 is 4.79 Å². The monoisotopic (exact) mass is 310 g/mol. The van der Waals surface area contributed by atoms with Crippen LogP contribution in [0.15, 0.2) is 42.9 Å². The zero-order valence-electron chi connectivity index (χ0n) is 13.0. The Balaban J connectivity index is 2.08. The lowest BCUT2D eigenvalue weighted by Gasteiger charge is -2.21. The van der Waals surface area contributed by atoms with Gasteiger partial charge in [0, 0.05) is 30.1 Å². The second-order valence-electron chi connectivity index (χ2n) is 5.63. The highest BCUT2D eigenvalue weighted by Crippen LogP contribution is 2.22. The molecule has 3 rings (SSSR count). The molecule has 23 heavy (non-hydrogen) atoms. The Morgan fingerprint density at radius 2 is 1.96 bits per heavy atom. The highest BCUT2D eigenvalue weighted by molar-refractivity contribution is 5.83. The molecule has 0 fully saturated rings. The lowest BCUT2D eigenvalue weighted by Crippen LogP contribution is -2.40. The number of nitrogens with two attached hydrogens (primary N) is 1. The Morgan fingerprint density at radius 3 is 2.61 bits per heavy atom. The van der Waals surface area contributed by atoms with Crippen LogP contribution in [0.25, 0.3) is 16.9 Å². The minimum atomic E-state index is -0.491. The molecule has 0 aromatic carbocycles. The molecule has 0 unspecified atom stereocenters. The number of amides is 1. The molecule has 0 saturated carbocycles. The van der Waals surface area contributed by atoms with Gasteiger partial charge in [0.25, 0.3) is 0 Å². The maximum atomic E-state index is 11.7. The fraction of sp³-hybridized carbons (Fsp3) is 0.250. The number of carbonyl (C=O) groups is 1. The van der Waals surface area contributed by atoms with Crippen LogP contribution in [-0.4, -0.2) is 31.5 Å². The third-order valence-corrected chi connectivity index (χ3v) is 3.61. The van der Waals surface area contributed by atoms with E-state index < -0.39 is 11.9 Å². The summed E-state index contributed by atoms with van der Waals surface area (Å²) >= 11 is 0. The summed E-state index contributed by atoms with van der Waals surface area (Å²) < 4.78 is 1.66. The van der Waals surface area contributed by atoms with Crippen LogP contribution in [0.2, 0.25) is 0 Å². The van der Waals surface area contributed by atoms with Gasteiger partial charge in [-0.1, -0.05) is 13.8 Å². The number of anilines is 1. The van der Waals surface area contributed by atoms with Gasteiger partial charge in [0.1, 0.15) is 11.9 Å². The van der Waals surface area contributed by atoms with Crippen molar-refractivity contribution in [1.29, 1.82) is 0 Å². The first-order valence-electron chi connectivity index (χ1n) is 7.37. The molecule has 0 radical (unpaired) electrons. The average molecular weight is 310 g/mol. The molecule has 118 valence electrons. The van der Waals surface area contributed by atoms with Crippen molar-refractivity contribution in [2.24, 2.45) is 11.7 Å². The van der Waals surface area contributed by atoms with Gasteiger partial charge in [-0.3, -0.25) is 9.78 Å². The van der Waals surface area contributed by atoms with Crippen LogP contribution in [-0.2, 0) is 4.79 Å². The maximum absolute atomic E-state index is 11.7. The summed E-state index contributed by atoms with van der Waals surface area (Å²) in [5, 5.41) is 7.44. The third-order valence-electron chi connectivity index (χ3n) is 3.61. The zero-order chi connectivity index (χ0) is 16.4. The van der Waals surface area contributed by atoms with E-state index in [-0.39, 0.29) is 5.92 Å². The van der Waals surface area contributed by atoms with Crippen molar-refractivity contribution in [1.82, 2.24) is 19.6 Å². The molecular formula is C16H18N6O. The fourth-order valence-corrected chi connectivity index (χ4v) is 2.41. The van der Waals surface area contributed by atoms with E-state index in [9.17, 15) is 4.79 Å². The van der Waals surface area contributed by atoms with Gasteiger partial charge in [-0.25, -0.2) is 4.98 Å². The van der Waals surface area contributed by atoms with E-state index in [1.54, 1.807) is 23.1 Å². The van der Waals surface area contributed by atoms with E-state index in [1.807, 2.05) is 38.1 Å². The van der Waals surface area contributed by atoms with Gasteiger partial charge in [0.2, 0.25) is 5.91 Å². The van der Waals surface area contributed by atoms with Gasteiger partial charge in [-0.2, -0.15) is 9.61 Å². The molecule has 0 spiro atoms. The van der Waals surface area contributed by atoms with E-state index in [0.29, 0.717) is 11.5 Å². The quantitative estimate of drug-likeness (QED) is 0.747. The number of hydrogen-bond donors (Lipinski definition) is 2. The number of carbonyl (C=O) groups excluding carboxylic acids is 1. The number of nitrogens with one attached hydrogen (secondary N) is 1. The van der Waals surface area contributed by atoms with E-state index in [4.69, 9.17) is 5.73 Å². The minimum Gasteiger partial charge on any atom is -0.368 e. The van der Waals surface area contributed by atoms with Crippen LogP contribution in [0, 0.1) is 5.92 Å². The van der Waals surface area contributed by atoms with Crippen molar-refractivity contribution >= 4 is 17.4 Å². The largest absolute Gasteiger partial charge is 0.368 e. The smallest absolute Gasteiger partial charge is 0.240 e. The maximum Gasteiger partial charge on any atom is 0.240 e. The van der Waals surface area contributed by atoms with Crippen LogP contribution < -0.4 is 11.1 Å². The lowest BCUT2D eigenvalue weighted by atomic mass is 10.0. The molecule has 1 amide bonds. The van der Waals surface area contributed by atoms with Crippen LogP contribution in [0.1, 0.15) is 13.8 Å². The molecule has 1 atom stereocenters. The van der Waals surface area contributed by atoms with Crippen molar-refractivity contribution in [3.63, 3.8) is 0 Å². The first kappa shape index (κ1) is 15.0. The van der Waals surface area contributed by atoms with Gasteiger partial charge in [-0.05, 0) is 18.1 Å². The SMILES string of the molecule is CC(C)[C@H](Nc1cc(-c2ccncc2)nc2ccnn12)C(N)=O. The van der Waals surface area contributed by atoms with Crippen molar-refractivity contribution in [2.45, 2.75) is 19.9 Å². The highest BCUT2D eigenvalue weighted by Gasteiger charge is 2.21. The predicted octanol–water partition coefficient (Wildman–Crippen LogP) is 1.71. The van der Waals surface area contributed by atoms with Crippen molar-refractivity contribution in [3.8, 4) is 11.3 Å². The topological polar surface area (TPSA) is 98.2 Å². The number of rotatable bonds is 5. The van der Waals surface area contributed by atoms with Gasteiger partial charge >= 0.3 is 0 Å². The highest BCUT2D eigenvalue weighted by atomic mass is 16.1. The van der Waals surface area contributed by atoms with Crippen LogP contribution in [0.3, 0.4) is 0 Å². The van der Waals surface area contributed by atoms with Crippen molar-refractivity contribution in [2.75, 3.05) is 5.32 Å². The van der Waals surface area contributed by atoms with Gasteiger partial charge in [-0.15, -0.1) is 0 Å². The first-order valence-corrected chi connectivity index (χ1v) is 7.37. The predicted molar refractivity (Wildman–Crippen MR) is 87.7 cm³/mol. The third kappa shape index (κ3) is 2.98. The molecule has 0 bridgehead atoms. The summed E-state index contributed by atoms with van der Waals surface area (Å²) in [5.74, 6) is 0.322. The lowest BCUT2D eigenvalue weighted by molar-refractivity contribution is -0.119. The number of fused-ring (bicyclic) bond motifs is 1. The van der Waals surface area contributed by atoms with Crippen LogP contribution >= 0.6 is 0 Å². The number of pyridine rings is 1. The average Bonchev–Trinajstić information content (AvgIpc) is 3.01. The summed E-state index contributed by atoms with van der Waals surface area (Å²) in [7, 11) is 0. The summed E-state index contributed by atoms with van der Waals surface area (Å²) in [6.07, 6.45) is 5.09. The van der Waals surface area contributed by atoms with E-state index in [2.05, 4.69) is 20.4 Å². The Kier molecular flexibility index (Phi) is 3.92. The van der Waals surface area contributed by atoms with Crippen LogP contribution in [0.5, 0.6) is 0 Å². The zero-order valence-corrected chi connectivity index (χ0v) is 13.0. The standard InChI is InChI=1S/C16H18N6O/c1-10(2)15(16(17)23)21-14-9-12(11-3-6-18-7-4-11)20-13-5-8-19-22(13)14/h3-10,15,21H,1-2H3,(H2,17,23)/t15-/m0/s1. The molecule has 0 saturated heterocycles. The van der Waals surface area contributed by atoms with E-state index in [1.165, 1.54) is 0 Å². The molecule has 3 N–H and O–H groups in total. The second kappa shape index (κ2) is 6.04. The Hall–Kier alpha value is -2.96. The molecule has 3 heterocycles. The van der Waals surface area contributed by atoms with Gasteiger partial charge in [0.15, 0.2) is 5.65 Å². The normalized spacial score (nSPS) is 12.5. The minimum absolute atomic E-state index is 0.0515. The van der Waals surface area contributed by atoms with Crippen LogP contribution in [0.4, 0.5) is 5.82 Å². The molecular weight excluding hydrogens is 292 g/mol. The number of hydrogen-bond acceptors (Lipinski definition) is 5. The molecule has 7 nitrogen and oxygen atoms in total. The molecule has 3 aromatic heterocycles. The first-order chi connectivity index (χ1) is 11.1. The fourth-order valence-electron chi connectivity index (χ4n) is 2.41. The van der Waals surface area contributed by atoms with Crippen molar-refractivity contribution in [3.05, 3.63) is 42.9 Å². The summed E-state index contributed by atoms with van der Waals surface area (Å²) in [5.41, 5.74) is 7.90. The second-order valence-corrected chi connectivity index (χ2v) is 5.63. The summed E-state index contributed by atoms with van der Waals surface area (Å²) in [4.78, 5) is 20.3. The van der Waals surface area contributed by atoms with Gasteiger partial charge < -0.3 is 11.1 Å². The number of nitrogens with zero attached hydrogens (tertiary/aromatic N) is 4. The molecule has 0 aliphatic heterocycles. The van der Waals surface area contributed by atoms with Gasteiger partial charge in [0.05, 0.1) is 11.9 Å². The molecule has 0 aliphatic carbocycles. The molecule has 3 aromatic rings. The Labute approximate surface area is 133 Å². The number of aromatic nitrogens is 4. The van der Waals surface area contributed by atoms with E-state index in [0.717, 1.165) is 11.3 Å².